The number of nitrogens with one attached hydrogen (secondary N) is 1. The van der Waals surface area contributed by atoms with Crippen molar-refractivity contribution in [3.8, 4) is 0 Å². The summed E-state index contributed by atoms with van der Waals surface area (Å²) in [6, 6.07) is 5.76. The number of halogens is 1. The summed E-state index contributed by atoms with van der Waals surface area (Å²) in [5.74, 6) is -0.0534. The molecule has 18 heavy (non-hydrogen) atoms. The van der Waals surface area contributed by atoms with Crippen LogP contribution >= 0.6 is 15.9 Å². The van der Waals surface area contributed by atoms with E-state index in [9.17, 15) is 4.79 Å². The molecule has 0 radical (unpaired) electrons. The summed E-state index contributed by atoms with van der Waals surface area (Å²) in [5.41, 5.74) is 1.55. The van der Waals surface area contributed by atoms with Crippen LogP contribution in [0, 0.1) is 6.92 Å². The van der Waals surface area contributed by atoms with E-state index in [-0.39, 0.29) is 11.5 Å². The predicted molar refractivity (Wildman–Crippen MR) is 74.8 cm³/mol. The highest BCUT2D eigenvalue weighted by molar-refractivity contribution is 9.10. The van der Waals surface area contributed by atoms with Gasteiger partial charge in [0.1, 0.15) is 0 Å². The highest BCUT2D eigenvalue weighted by Gasteiger charge is 2.30. The number of ether oxygens (including phenoxy) is 1. The highest BCUT2D eigenvalue weighted by atomic mass is 79.9. The maximum atomic E-state index is 12.1. The van der Waals surface area contributed by atoms with Crippen molar-refractivity contribution >= 4 is 21.8 Å². The Morgan fingerprint density at radius 1 is 1.56 bits per heavy atom. The van der Waals surface area contributed by atoms with Gasteiger partial charge in [-0.05, 0) is 54.8 Å². The summed E-state index contributed by atoms with van der Waals surface area (Å²) < 4.78 is 6.48. The SMILES string of the molecule is Cc1ccc(Br)c(C(=O)NCC2(C)CCCO2)c1. The van der Waals surface area contributed by atoms with E-state index in [1.165, 1.54) is 0 Å². The molecule has 0 aromatic heterocycles. The summed E-state index contributed by atoms with van der Waals surface area (Å²) in [4.78, 5) is 12.1. The minimum absolute atomic E-state index is 0.0534. The third-order valence-corrected chi connectivity index (χ3v) is 3.98. The lowest BCUT2D eigenvalue weighted by Gasteiger charge is -2.23. The van der Waals surface area contributed by atoms with Gasteiger partial charge in [0.2, 0.25) is 0 Å². The van der Waals surface area contributed by atoms with Crippen LogP contribution in [0.2, 0.25) is 0 Å². The molecule has 1 saturated heterocycles. The maximum absolute atomic E-state index is 12.1. The zero-order chi connectivity index (χ0) is 13.2. The molecular formula is C14H18BrNO2. The van der Waals surface area contributed by atoms with Gasteiger partial charge in [-0.25, -0.2) is 0 Å². The van der Waals surface area contributed by atoms with Gasteiger partial charge in [0.05, 0.1) is 11.2 Å². The lowest BCUT2D eigenvalue weighted by atomic mass is 10.0. The molecule has 1 aromatic carbocycles. The molecule has 3 nitrogen and oxygen atoms in total. The molecule has 98 valence electrons. The Morgan fingerprint density at radius 3 is 3.00 bits per heavy atom. The van der Waals surface area contributed by atoms with Gasteiger partial charge in [0.25, 0.3) is 5.91 Å². The molecule has 1 unspecified atom stereocenters. The van der Waals surface area contributed by atoms with Gasteiger partial charge in [0, 0.05) is 17.6 Å². The smallest absolute Gasteiger partial charge is 0.252 e. The molecule has 0 saturated carbocycles. The molecule has 1 atom stereocenters. The van der Waals surface area contributed by atoms with Crippen molar-refractivity contribution in [2.45, 2.75) is 32.3 Å². The topological polar surface area (TPSA) is 38.3 Å². The van der Waals surface area contributed by atoms with Gasteiger partial charge in [-0.1, -0.05) is 11.6 Å². The van der Waals surface area contributed by atoms with Crippen LogP contribution in [-0.2, 0) is 4.74 Å². The molecule has 1 N–H and O–H groups in total. The summed E-state index contributed by atoms with van der Waals surface area (Å²) in [5, 5.41) is 2.96. The molecule has 1 fully saturated rings. The lowest BCUT2D eigenvalue weighted by molar-refractivity contribution is 0.0206. The molecule has 0 aliphatic carbocycles. The van der Waals surface area contributed by atoms with E-state index in [0.29, 0.717) is 12.1 Å². The fourth-order valence-corrected chi connectivity index (χ4v) is 2.58. The van der Waals surface area contributed by atoms with Crippen LogP contribution in [0.5, 0.6) is 0 Å². The van der Waals surface area contributed by atoms with Crippen molar-refractivity contribution in [2.75, 3.05) is 13.2 Å². The van der Waals surface area contributed by atoms with E-state index in [1.54, 1.807) is 0 Å². The van der Waals surface area contributed by atoms with E-state index in [2.05, 4.69) is 21.2 Å². The van der Waals surface area contributed by atoms with Crippen LogP contribution < -0.4 is 5.32 Å². The molecule has 1 aromatic rings. The monoisotopic (exact) mass is 311 g/mol. The minimum atomic E-state index is -0.202. The first-order valence-electron chi connectivity index (χ1n) is 6.18. The Kier molecular flexibility index (Phi) is 4.07. The molecule has 4 heteroatoms. The van der Waals surface area contributed by atoms with Crippen LogP contribution in [0.25, 0.3) is 0 Å². The van der Waals surface area contributed by atoms with Crippen LogP contribution in [0.1, 0.15) is 35.7 Å². The molecule has 2 rings (SSSR count). The van der Waals surface area contributed by atoms with Crippen molar-refractivity contribution in [2.24, 2.45) is 0 Å². The molecule has 1 aliphatic rings. The molecule has 0 bridgehead atoms. The standard InChI is InChI=1S/C14H18BrNO2/c1-10-4-5-12(15)11(8-10)13(17)16-9-14(2)6-3-7-18-14/h4-5,8H,3,6-7,9H2,1-2H3,(H,16,17). The number of carbonyl (C=O) groups excluding carboxylic acids is 1. The zero-order valence-corrected chi connectivity index (χ0v) is 12.3. The van der Waals surface area contributed by atoms with E-state index in [4.69, 9.17) is 4.74 Å². The van der Waals surface area contributed by atoms with Gasteiger partial charge in [0.15, 0.2) is 0 Å². The van der Waals surface area contributed by atoms with Crippen LogP contribution in [0.15, 0.2) is 22.7 Å². The largest absolute Gasteiger partial charge is 0.373 e. The number of benzene rings is 1. The average molecular weight is 312 g/mol. The number of rotatable bonds is 3. The van der Waals surface area contributed by atoms with Gasteiger partial charge in [-0.3, -0.25) is 4.79 Å². The first kappa shape index (κ1) is 13.6. The second kappa shape index (κ2) is 5.41. The summed E-state index contributed by atoms with van der Waals surface area (Å²) in [6.45, 7) is 5.38. The first-order valence-corrected chi connectivity index (χ1v) is 6.98. The van der Waals surface area contributed by atoms with Gasteiger partial charge in [-0.2, -0.15) is 0 Å². The van der Waals surface area contributed by atoms with E-state index in [0.717, 1.165) is 29.5 Å². The van der Waals surface area contributed by atoms with Crippen molar-refractivity contribution in [1.29, 1.82) is 0 Å². The van der Waals surface area contributed by atoms with Crippen molar-refractivity contribution in [1.82, 2.24) is 5.32 Å². The van der Waals surface area contributed by atoms with E-state index >= 15 is 0 Å². The number of carbonyl (C=O) groups is 1. The van der Waals surface area contributed by atoms with Gasteiger partial charge < -0.3 is 10.1 Å². The number of hydrogen-bond donors (Lipinski definition) is 1. The fourth-order valence-electron chi connectivity index (χ4n) is 2.15. The van der Waals surface area contributed by atoms with Crippen LogP contribution in [-0.4, -0.2) is 24.7 Å². The Balaban J connectivity index is 2.01. The Morgan fingerprint density at radius 2 is 2.33 bits per heavy atom. The summed E-state index contributed by atoms with van der Waals surface area (Å²) in [6.07, 6.45) is 2.07. The van der Waals surface area contributed by atoms with E-state index in [1.807, 2.05) is 32.0 Å². The average Bonchev–Trinajstić information content (AvgIpc) is 2.77. The first-order chi connectivity index (χ1) is 8.50. The van der Waals surface area contributed by atoms with Crippen molar-refractivity contribution in [3.63, 3.8) is 0 Å². The maximum Gasteiger partial charge on any atom is 0.252 e. The zero-order valence-electron chi connectivity index (χ0n) is 10.8. The summed E-state index contributed by atoms with van der Waals surface area (Å²) >= 11 is 3.41. The predicted octanol–water partition coefficient (Wildman–Crippen LogP) is 3.06. The quantitative estimate of drug-likeness (QED) is 0.931. The van der Waals surface area contributed by atoms with Crippen LogP contribution in [0.3, 0.4) is 0 Å². The van der Waals surface area contributed by atoms with Crippen molar-refractivity contribution < 1.29 is 9.53 Å². The molecule has 1 heterocycles. The van der Waals surface area contributed by atoms with Gasteiger partial charge >= 0.3 is 0 Å². The highest BCUT2D eigenvalue weighted by Crippen LogP contribution is 2.24. The number of hydrogen-bond acceptors (Lipinski definition) is 2. The number of aryl methyl sites for hydroxylation is 1. The lowest BCUT2D eigenvalue weighted by Crippen LogP contribution is -2.40. The minimum Gasteiger partial charge on any atom is -0.373 e. The molecule has 1 aliphatic heterocycles. The van der Waals surface area contributed by atoms with Crippen LogP contribution in [0.4, 0.5) is 0 Å². The number of amides is 1. The summed E-state index contributed by atoms with van der Waals surface area (Å²) in [7, 11) is 0. The molecule has 0 spiro atoms. The normalized spacial score (nSPS) is 23.1. The molecular weight excluding hydrogens is 294 g/mol. The Hall–Kier alpha value is -0.870. The Labute approximate surface area is 116 Å². The van der Waals surface area contributed by atoms with E-state index < -0.39 is 0 Å². The van der Waals surface area contributed by atoms with Gasteiger partial charge in [-0.15, -0.1) is 0 Å². The second-order valence-corrected chi connectivity index (χ2v) is 5.92. The van der Waals surface area contributed by atoms with Crippen molar-refractivity contribution in [3.05, 3.63) is 33.8 Å². The fraction of sp³-hybridized carbons (Fsp3) is 0.500. The Bertz CT molecular complexity index is 453. The second-order valence-electron chi connectivity index (χ2n) is 5.07. The molecule has 1 amide bonds. The third-order valence-electron chi connectivity index (χ3n) is 3.29. The third kappa shape index (κ3) is 3.12.